The number of benzene rings is 2. The van der Waals surface area contributed by atoms with Gasteiger partial charge in [0.15, 0.2) is 0 Å². The zero-order chi connectivity index (χ0) is 14.2. The molecule has 0 radical (unpaired) electrons. The summed E-state index contributed by atoms with van der Waals surface area (Å²) in [5, 5.41) is 12.2. The van der Waals surface area contributed by atoms with Gasteiger partial charge in [0.2, 0.25) is 0 Å². The van der Waals surface area contributed by atoms with Gasteiger partial charge in [0.05, 0.1) is 4.90 Å². The van der Waals surface area contributed by atoms with Gasteiger partial charge >= 0.3 is 0 Å². The Labute approximate surface area is 120 Å². The first-order valence-corrected chi connectivity index (χ1v) is 8.20. The van der Waals surface area contributed by atoms with E-state index >= 15 is 0 Å². The fourth-order valence-corrected chi connectivity index (χ4v) is 3.69. The number of aromatic hydroxyl groups is 1. The molecule has 0 bridgehead atoms. The molecule has 0 aliphatic rings. The van der Waals surface area contributed by atoms with Gasteiger partial charge in [0.25, 0.3) is 10.0 Å². The molecule has 0 saturated carbocycles. The minimum atomic E-state index is -3.64. The smallest absolute Gasteiger partial charge is 0.261 e. The summed E-state index contributed by atoms with van der Waals surface area (Å²) in [6.07, 6.45) is 0. The standard InChI is InChI=1S/C14H11NO3S2/c16-12-2-4-13(5-3-12)20(17,18)15-11-1-6-14-10(9-11)7-8-19-14/h1-9,15-16H. The van der Waals surface area contributed by atoms with Crippen LogP contribution >= 0.6 is 11.3 Å². The van der Waals surface area contributed by atoms with Crippen molar-refractivity contribution < 1.29 is 13.5 Å². The Morgan fingerprint density at radius 3 is 2.50 bits per heavy atom. The first kappa shape index (κ1) is 13.0. The monoisotopic (exact) mass is 305 g/mol. The molecule has 2 N–H and O–H groups in total. The Balaban J connectivity index is 1.94. The number of phenols is 1. The Morgan fingerprint density at radius 1 is 1.00 bits per heavy atom. The van der Waals surface area contributed by atoms with Crippen molar-refractivity contribution in [3.05, 3.63) is 53.9 Å². The van der Waals surface area contributed by atoms with Crippen molar-refractivity contribution in [1.82, 2.24) is 0 Å². The number of thiophene rings is 1. The topological polar surface area (TPSA) is 66.4 Å². The fourth-order valence-electron chi connectivity index (χ4n) is 1.87. The van der Waals surface area contributed by atoms with E-state index in [4.69, 9.17) is 0 Å². The first-order valence-electron chi connectivity index (χ1n) is 5.84. The lowest BCUT2D eigenvalue weighted by molar-refractivity contribution is 0.475. The molecule has 0 fully saturated rings. The highest BCUT2D eigenvalue weighted by atomic mass is 32.2. The van der Waals surface area contributed by atoms with Gasteiger partial charge in [-0.2, -0.15) is 0 Å². The van der Waals surface area contributed by atoms with Crippen molar-refractivity contribution in [3.8, 4) is 5.75 Å². The Hall–Kier alpha value is -2.05. The molecule has 4 nitrogen and oxygen atoms in total. The normalized spacial score (nSPS) is 11.6. The Morgan fingerprint density at radius 2 is 1.75 bits per heavy atom. The van der Waals surface area contributed by atoms with Crippen LogP contribution in [0.1, 0.15) is 0 Å². The molecule has 3 aromatic rings. The van der Waals surface area contributed by atoms with Crippen LogP contribution in [0.3, 0.4) is 0 Å². The van der Waals surface area contributed by atoms with E-state index in [2.05, 4.69) is 4.72 Å². The van der Waals surface area contributed by atoms with Crippen LogP contribution in [-0.2, 0) is 10.0 Å². The maximum atomic E-state index is 12.2. The second-order valence-electron chi connectivity index (χ2n) is 4.27. The third kappa shape index (κ3) is 2.48. The van der Waals surface area contributed by atoms with Crippen LogP contribution in [0.25, 0.3) is 10.1 Å². The van der Waals surface area contributed by atoms with Crippen LogP contribution in [0, 0.1) is 0 Å². The van der Waals surface area contributed by atoms with E-state index in [-0.39, 0.29) is 10.6 Å². The van der Waals surface area contributed by atoms with E-state index in [9.17, 15) is 13.5 Å². The van der Waals surface area contributed by atoms with Gasteiger partial charge in [-0.05, 0) is 59.3 Å². The molecule has 6 heteroatoms. The van der Waals surface area contributed by atoms with Gasteiger partial charge < -0.3 is 5.11 Å². The maximum absolute atomic E-state index is 12.2. The zero-order valence-corrected chi connectivity index (χ0v) is 11.9. The minimum Gasteiger partial charge on any atom is -0.508 e. The lowest BCUT2D eigenvalue weighted by Gasteiger charge is -2.08. The van der Waals surface area contributed by atoms with Crippen molar-refractivity contribution in [1.29, 1.82) is 0 Å². The van der Waals surface area contributed by atoms with Gasteiger partial charge in [-0.3, -0.25) is 4.72 Å². The third-order valence-electron chi connectivity index (χ3n) is 2.85. The van der Waals surface area contributed by atoms with Crippen LogP contribution in [0.5, 0.6) is 5.75 Å². The van der Waals surface area contributed by atoms with Crippen molar-refractivity contribution in [2.24, 2.45) is 0 Å². The third-order valence-corrected chi connectivity index (χ3v) is 5.15. The summed E-state index contributed by atoms with van der Waals surface area (Å²) in [4.78, 5) is 0.112. The molecule has 0 unspecified atom stereocenters. The van der Waals surface area contributed by atoms with Gasteiger partial charge in [0, 0.05) is 10.4 Å². The molecular weight excluding hydrogens is 294 g/mol. The molecule has 0 aliphatic heterocycles. The first-order chi connectivity index (χ1) is 9.54. The lowest BCUT2D eigenvalue weighted by Crippen LogP contribution is -2.12. The highest BCUT2D eigenvalue weighted by molar-refractivity contribution is 7.92. The molecule has 20 heavy (non-hydrogen) atoms. The largest absolute Gasteiger partial charge is 0.508 e. The van der Waals surface area contributed by atoms with Crippen LogP contribution in [-0.4, -0.2) is 13.5 Å². The highest BCUT2D eigenvalue weighted by Crippen LogP contribution is 2.25. The molecule has 0 saturated heterocycles. The van der Waals surface area contributed by atoms with Crippen molar-refractivity contribution in [2.75, 3.05) is 4.72 Å². The summed E-state index contributed by atoms with van der Waals surface area (Å²) in [7, 11) is -3.64. The summed E-state index contributed by atoms with van der Waals surface area (Å²) in [6, 6.07) is 12.8. The predicted octanol–water partition coefficient (Wildman–Crippen LogP) is 3.41. The summed E-state index contributed by atoms with van der Waals surface area (Å²) in [5.74, 6) is 0.0312. The number of nitrogens with one attached hydrogen (secondary N) is 1. The number of anilines is 1. The van der Waals surface area contributed by atoms with Crippen LogP contribution in [0.15, 0.2) is 58.8 Å². The molecule has 0 spiro atoms. The molecular formula is C14H11NO3S2. The molecule has 2 aromatic carbocycles. The number of fused-ring (bicyclic) bond motifs is 1. The lowest BCUT2D eigenvalue weighted by atomic mass is 10.2. The molecule has 3 rings (SSSR count). The van der Waals surface area contributed by atoms with Crippen molar-refractivity contribution in [2.45, 2.75) is 4.90 Å². The summed E-state index contributed by atoms with van der Waals surface area (Å²) >= 11 is 1.61. The number of hydrogen-bond acceptors (Lipinski definition) is 4. The molecule has 1 heterocycles. The van der Waals surface area contributed by atoms with E-state index in [1.807, 2.05) is 17.5 Å². The van der Waals surface area contributed by atoms with Gasteiger partial charge in [-0.1, -0.05) is 0 Å². The number of hydrogen-bond donors (Lipinski definition) is 2. The summed E-state index contributed by atoms with van der Waals surface area (Å²) in [5.41, 5.74) is 0.518. The van der Waals surface area contributed by atoms with E-state index in [0.29, 0.717) is 5.69 Å². The molecule has 0 aliphatic carbocycles. The van der Waals surface area contributed by atoms with Crippen LogP contribution in [0.2, 0.25) is 0 Å². The molecule has 0 amide bonds. The number of sulfonamides is 1. The maximum Gasteiger partial charge on any atom is 0.261 e. The van der Waals surface area contributed by atoms with E-state index in [0.717, 1.165) is 10.1 Å². The fraction of sp³-hybridized carbons (Fsp3) is 0. The number of phenolic OH excluding ortho intramolecular Hbond substituents is 1. The number of rotatable bonds is 3. The zero-order valence-electron chi connectivity index (χ0n) is 10.3. The SMILES string of the molecule is O=S(=O)(Nc1ccc2sccc2c1)c1ccc(O)cc1. The van der Waals surface area contributed by atoms with Gasteiger partial charge in [0.1, 0.15) is 5.75 Å². The molecule has 0 atom stereocenters. The van der Waals surface area contributed by atoms with Crippen LogP contribution in [0.4, 0.5) is 5.69 Å². The summed E-state index contributed by atoms with van der Waals surface area (Å²) in [6.45, 7) is 0. The van der Waals surface area contributed by atoms with Crippen LogP contribution < -0.4 is 4.72 Å². The molecule has 102 valence electrons. The Bertz CT molecular complexity index is 852. The summed E-state index contributed by atoms with van der Waals surface area (Å²) < 4.78 is 28.0. The average molecular weight is 305 g/mol. The van der Waals surface area contributed by atoms with E-state index in [1.54, 1.807) is 23.5 Å². The predicted molar refractivity (Wildman–Crippen MR) is 80.7 cm³/mol. The van der Waals surface area contributed by atoms with E-state index < -0.39 is 10.0 Å². The average Bonchev–Trinajstić information content (AvgIpc) is 2.86. The van der Waals surface area contributed by atoms with Crippen molar-refractivity contribution >= 4 is 37.1 Å². The van der Waals surface area contributed by atoms with Crippen molar-refractivity contribution in [3.63, 3.8) is 0 Å². The molecule has 1 aromatic heterocycles. The second-order valence-corrected chi connectivity index (χ2v) is 6.90. The van der Waals surface area contributed by atoms with Gasteiger partial charge in [-0.25, -0.2) is 8.42 Å². The Kier molecular flexibility index (Phi) is 3.11. The highest BCUT2D eigenvalue weighted by Gasteiger charge is 2.14. The quantitative estimate of drug-likeness (QED) is 0.779. The minimum absolute atomic E-state index is 0.0312. The van der Waals surface area contributed by atoms with E-state index in [1.165, 1.54) is 24.3 Å². The van der Waals surface area contributed by atoms with Gasteiger partial charge in [-0.15, -0.1) is 11.3 Å². The second kappa shape index (κ2) is 4.81.